The highest BCUT2D eigenvalue weighted by molar-refractivity contribution is 5.71. The van der Waals surface area contributed by atoms with Gasteiger partial charge in [0.1, 0.15) is 11.9 Å². The molecule has 0 radical (unpaired) electrons. The summed E-state index contributed by atoms with van der Waals surface area (Å²) in [6.45, 7) is -0.0996. The van der Waals surface area contributed by atoms with Gasteiger partial charge in [-0.3, -0.25) is 0 Å². The summed E-state index contributed by atoms with van der Waals surface area (Å²) in [4.78, 5) is 11.7. The second kappa shape index (κ2) is 7.14. The molecule has 1 aromatic carbocycles. The number of hydrogen-bond acceptors (Lipinski definition) is 5. The molecule has 5 nitrogen and oxygen atoms in total. The topological polar surface area (TPSA) is 70.8 Å². The fourth-order valence-corrected chi connectivity index (χ4v) is 2.39. The zero-order chi connectivity index (χ0) is 14.4. The van der Waals surface area contributed by atoms with Crippen LogP contribution in [0, 0.1) is 0 Å². The van der Waals surface area contributed by atoms with Gasteiger partial charge in [-0.2, -0.15) is 0 Å². The van der Waals surface area contributed by atoms with Crippen molar-refractivity contribution in [3.8, 4) is 5.75 Å². The Morgan fingerprint density at radius 2 is 2.15 bits per heavy atom. The van der Waals surface area contributed by atoms with E-state index in [9.17, 15) is 4.79 Å². The minimum Gasteiger partial charge on any atom is -0.482 e. The Balaban J connectivity index is 1.75. The molecule has 1 fully saturated rings. The molecule has 2 N–H and O–H groups in total. The minimum absolute atomic E-state index is 0.0642. The number of ether oxygens (including phenoxy) is 3. The first-order chi connectivity index (χ1) is 9.67. The highest BCUT2D eigenvalue weighted by Gasteiger charge is 2.24. The van der Waals surface area contributed by atoms with Crippen LogP contribution in [0.3, 0.4) is 0 Å². The Labute approximate surface area is 119 Å². The number of benzene rings is 1. The molecular weight excluding hydrogens is 258 g/mol. The molecule has 5 heteroatoms. The van der Waals surface area contributed by atoms with E-state index in [1.54, 1.807) is 31.4 Å². The standard InChI is InChI=1S/C15H21NO4/c1-18-12-5-3-7-14(9-12)20-15(17)10-19-13-6-2-4-11(16)8-13/h2,4,6,8,12,14H,3,5,7,9-10,16H2,1H3. The number of hydrogen-bond donors (Lipinski definition) is 1. The van der Waals surface area contributed by atoms with E-state index >= 15 is 0 Å². The van der Waals surface area contributed by atoms with Gasteiger partial charge in [-0.15, -0.1) is 0 Å². The van der Waals surface area contributed by atoms with Crippen LogP contribution in [0.25, 0.3) is 0 Å². The Hall–Kier alpha value is -1.75. The number of nitrogens with two attached hydrogens (primary N) is 1. The lowest BCUT2D eigenvalue weighted by molar-refractivity contribution is -0.155. The Morgan fingerprint density at radius 1 is 1.35 bits per heavy atom. The monoisotopic (exact) mass is 279 g/mol. The van der Waals surface area contributed by atoms with Crippen molar-refractivity contribution < 1.29 is 19.0 Å². The lowest BCUT2D eigenvalue weighted by atomic mass is 9.95. The molecule has 1 saturated carbocycles. The highest BCUT2D eigenvalue weighted by atomic mass is 16.6. The number of anilines is 1. The predicted molar refractivity (Wildman–Crippen MR) is 75.5 cm³/mol. The van der Waals surface area contributed by atoms with Gasteiger partial charge < -0.3 is 19.9 Å². The van der Waals surface area contributed by atoms with Crippen LogP contribution in [0.2, 0.25) is 0 Å². The molecule has 1 aliphatic rings. The van der Waals surface area contributed by atoms with Crippen molar-refractivity contribution in [2.24, 2.45) is 0 Å². The molecule has 2 atom stereocenters. The second-order valence-corrected chi connectivity index (χ2v) is 5.00. The lowest BCUT2D eigenvalue weighted by Crippen LogP contribution is -2.30. The van der Waals surface area contributed by atoms with E-state index in [0.29, 0.717) is 11.4 Å². The van der Waals surface area contributed by atoms with E-state index in [-0.39, 0.29) is 24.8 Å². The molecular formula is C15H21NO4. The van der Waals surface area contributed by atoms with Crippen LogP contribution in [-0.2, 0) is 14.3 Å². The van der Waals surface area contributed by atoms with Gasteiger partial charge in [-0.05, 0) is 31.4 Å². The number of methoxy groups -OCH3 is 1. The highest BCUT2D eigenvalue weighted by Crippen LogP contribution is 2.23. The molecule has 0 saturated heterocycles. The molecule has 20 heavy (non-hydrogen) atoms. The molecule has 0 aliphatic heterocycles. The summed E-state index contributed by atoms with van der Waals surface area (Å²) in [5.41, 5.74) is 6.24. The van der Waals surface area contributed by atoms with Crippen molar-refractivity contribution in [2.75, 3.05) is 19.5 Å². The SMILES string of the molecule is COC1CCCC(OC(=O)COc2cccc(N)c2)C1. The summed E-state index contributed by atoms with van der Waals surface area (Å²) in [5, 5.41) is 0. The summed E-state index contributed by atoms with van der Waals surface area (Å²) in [6, 6.07) is 6.97. The van der Waals surface area contributed by atoms with Gasteiger partial charge in [0.05, 0.1) is 6.10 Å². The van der Waals surface area contributed by atoms with Gasteiger partial charge in [0, 0.05) is 25.3 Å². The lowest BCUT2D eigenvalue weighted by Gasteiger charge is -2.27. The summed E-state index contributed by atoms with van der Waals surface area (Å²) in [7, 11) is 1.69. The first kappa shape index (κ1) is 14.7. The van der Waals surface area contributed by atoms with Gasteiger partial charge in [0.2, 0.25) is 0 Å². The van der Waals surface area contributed by atoms with Crippen LogP contribution in [0.1, 0.15) is 25.7 Å². The zero-order valence-corrected chi connectivity index (χ0v) is 11.7. The predicted octanol–water partition coefficient (Wildman–Crippen LogP) is 2.15. The molecule has 1 aliphatic carbocycles. The summed E-state index contributed by atoms with van der Waals surface area (Å²) in [6.07, 6.45) is 3.84. The number of esters is 1. The smallest absolute Gasteiger partial charge is 0.344 e. The molecule has 0 heterocycles. The molecule has 1 aromatic rings. The van der Waals surface area contributed by atoms with Crippen LogP contribution in [0.5, 0.6) is 5.75 Å². The van der Waals surface area contributed by atoms with Crippen LogP contribution in [0.4, 0.5) is 5.69 Å². The summed E-state index contributed by atoms with van der Waals surface area (Å²) >= 11 is 0. The van der Waals surface area contributed by atoms with E-state index in [1.807, 2.05) is 0 Å². The van der Waals surface area contributed by atoms with Gasteiger partial charge >= 0.3 is 5.97 Å². The Bertz CT molecular complexity index is 449. The average molecular weight is 279 g/mol. The van der Waals surface area contributed by atoms with Crippen molar-refractivity contribution in [3.05, 3.63) is 24.3 Å². The minimum atomic E-state index is -0.353. The van der Waals surface area contributed by atoms with Crippen molar-refractivity contribution in [1.29, 1.82) is 0 Å². The van der Waals surface area contributed by atoms with Gasteiger partial charge in [-0.25, -0.2) is 4.79 Å². The first-order valence-electron chi connectivity index (χ1n) is 6.88. The van der Waals surface area contributed by atoms with Crippen molar-refractivity contribution >= 4 is 11.7 Å². The van der Waals surface area contributed by atoms with Gasteiger partial charge in [-0.1, -0.05) is 6.07 Å². The molecule has 0 bridgehead atoms. The van der Waals surface area contributed by atoms with E-state index in [4.69, 9.17) is 19.9 Å². The number of carbonyl (C=O) groups excluding carboxylic acids is 1. The third kappa shape index (κ3) is 4.42. The van der Waals surface area contributed by atoms with Gasteiger partial charge in [0.25, 0.3) is 0 Å². The molecule has 0 aromatic heterocycles. The fourth-order valence-electron chi connectivity index (χ4n) is 2.39. The Morgan fingerprint density at radius 3 is 2.90 bits per heavy atom. The van der Waals surface area contributed by atoms with E-state index in [1.165, 1.54) is 0 Å². The maximum absolute atomic E-state index is 11.7. The molecule has 2 unspecified atom stereocenters. The quantitative estimate of drug-likeness (QED) is 0.660. The van der Waals surface area contributed by atoms with E-state index in [2.05, 4.69) is 0 Å². The zero-order valence-electron chi connectivity index (χ0n) is 11.7. The summed E-state index contributed by atoms with van der Waals surface area (Å²) < 4.78 is 16.1. The maximum Gasteiger partial charge on any atom is 0.344 e. The third-order valence-corrected chi connectivity index (χ3v) is 3.42. The van der Waals surface area contributed by atoms with Crippen LogP contribution in [0.15, 0.2) is 24.3 Å². The molecule has 0 amide bonds. The third-order valence-electron chi connectivity index (χ3n) is 3.42. The maximum atomic E-state index is 11.7. The number of rotatable bonds is 5. The average Bonchev–Trinajstić information content (AvgIpc) is 2.45. The largest absolute Gasteiger partial charge is 0.482 e. The first-order valence-corrected chi connectivity index (χ1v) is 6.88. The Kier molecular flexibility index (Phi) is 5.24. The molecule has 0 spiro atoms. The van der Waals surface area contributed by atoms with Crippen LogP contribution >= 0.6 is 0 Å². The summed E-state index contributed by atoms with van der Waals surface area (Å²) in [5.74, 6) is 0.217. The van der Waals surface area contributed by atoms with Crippen molar-refractivity contribution in [2.45, 2.75) is 37.9 Å². The molecule has 2 rings (SSSR count). The normalized spacial score (nSPS) is 22.2. The van der Waals surface area contributed by atoms with E-state index in [0.717, 1.165) is 25.7 Å². The van der Waals surface area contributed by atoms with Crippen LogP contribution < -0.4 is 10.5 Å². The van der Waals surface area contributed by atoms with Crippen molar-refractivity contribution in [3.63, 3.8) is 0 Å². The van der Waals surface area contributed by atoms with Crippen LogP contribution in [-0.4, -0.2) is 31.9 Å². The number of carbonyl (C=O) groups is 1. The van der Waals surface area contributed by atoms with Crippen molar-refractivity contribution in [1.82, 2.24) is 0 Å². The van der Waals surface area contributed by atoms with Gasteiger partial charge in [0.15, 0.2) is 6.61 Å². The second-order valence-electron chi connectivity index (χ2n) is 5.00. The van der Waals surface area contributed by atoms with E-state index < -0.39 is 0 Å². The fraction of sp³-hybridized carbons (Fsp3) is 0.533. The number of nitrogen functional groups attached to an aromatic ring is 1. The molecule has 110 valence electrons.